The van der Waals surface area contributed by atoms with E-state index < -0.39 is 13.0 Å². The van der Waals surface area contributed by atoms with E-state index in [1.54, 1.807) is 25.5 Å². The Morgan fingerprint density at radius 1 is 1.47 bits per heavy atom. The molecular weight excluding hydrogens is 288 g/mol. The molecule has 79 valence electrons. The van der Waals surface area contributed by atoms with Crippen LogP contribution in [0.5, 0.6) is 0 Å². The van der Waals surface area contributed by atoms with Gasteiger partial charge >= 0.3 is 0 Å². The van der Waals surface area contributed by atoms with Gasteiger partial charge in [-0.05, 0) is 25.5 Å². The normalized spacial score (nSPS) is 10.3. The van der Waals surface area contributed by atoms with Crippen LogP contribution in [-0.2, 0) is 42.1 Å². The Labute approximate surface area is 114 Å². The molecule has 4 nitrogen and oxygen atoms in total. The molecule has 15 heavy (non-hydrogen) atoms. The second-order valence-corrected chi connectivity index (χ2v) is 6.52. The number of hydrogen-bond acceptors (Lipinski definition) is 3. The molecule has 0 aliphatic heterocycles. The van der Waals surface area contributed by atoms with Crippen molar-refractivity contribution < 1.29 is 42.1 Å². The predicted octanol–water partition coefficient (Wildman–Crippen LogP) is 1.10. The van der Waals surface area contributed by atoms with Gasteiger partial charge in [0.2, 0.25) is 0 Å². The van der Waals surface area contributed by atoms with Crippen LogP contribution in [0.3, 0.4) is 0 Å². The summed E-state index contributed by atoms with van der Waals surface area (Å²) in [5.41, 5.74) is 0. The van der Waals surface area contributed by atoms with Gasteiger partial charge in [-0.1, -0.05) is 0 Å². The summed E-state index contributed by atoms with van der Waals surface area (Å²) < 4.78 is 11.6. The summed E-state index contributed by atoms with van der Waals surface area (Å²) in [6, 6.07) is 3.30. The number of nitrogens with one attached hydrogen (secondary N) is 1. The maximum atomic E-state index is 11.6. The number of rotatable bonds is 2. The molecule has 6 heteroatoms. The van der Waals surface area contributed by atoms with Gasteiger partial charge in [-0.15, -0.1) is 0 Å². The molecule has 1 amide bonds. The van der Waals surface area contributed by atoms with Gasteiger partial charge in [0.05, 0.1) is 5.91 Å². The van der Waals surface area contributed by atoms with Crippen LogP contribution in [0.15, 0.2) is 18.3 Å². The van der Waals surface area contributed by atoms with Gasteiger partial charge < -0.3 is 21.6 Å². The Kier molecular flexibility index (Phi) is 5.72. The molecule has 0 spiro atoms. The Bertz CT molecular complexity index is 386. The average Bonchev–Trinajstić information content (AvgIpc) is 2.02. The number of amides is 1. The molecule has 0 saturated heterocycles. The van der Waals surface area contributed by atoms with E-state index in [0.29, 0.717) is 11.1 Å². The number of carbonyl (C=O) groups is 1. The summed E-state index contributed by atoms with van der Waals surface area (Å²) in [5, 5.41) is 3.13. The SMILES string of the molecule is [CH2-]C(=O)Nc1ccc(P(C)(C)=O)cn1.[Y]. The van der Waals surface area contributed by atoms with Crippen LogP contribution < -0.4 is 10.6 Å². The van der Waals surface area contributed by atoms with Crippen molar-refractivity contribution in [1.82, 2.24) is 4.98 Å². The first-order valence-corrected chi connectivity index (χ1v) is 6.64. The molecule has 0 atom stereocenters. The van der Waals surface area contributed by atoms with Gasteiger partial charge in [0.15, 0.2) is 0 Å². The quantitative estimate of drug-likeness (QED) is 0.657. The van der Waals surface area contributed by atoms with Crippen LogP contribution in [0, 0.1) is 6.92 Å². The van der Waals surface area contributed by atoms with Crippen LogP contribution in [0.2, 0.25) is 0 Å². The zero-order chi connectivity index (χ0) is 10.8. The minimum atomic E-state index is -2.26. The maximum absolute atomic E-state index is 11.6. The van der Waals surface area contributed by atoms with Crippen molar-refractivity contribution >= 4 is 24.2 Å². The van der Waals surface area contributed by atoms with Gasteiger partial charge in [-0.3, -0.25) is 0 Å². The number of nitrogens with zero attached hydrogens (tertiary/aromatic N) is 1. The molecule has 1 N–H and O–H groups in total. The molecule has 0 saturated carbocycles. The summed E-state index contributed by atoms with van der Waals surface area (Å²) in [6.07, 6.45) is 1.51. The van der Waals surface area contributed by atoms with Gasteiger partial charge in [-0.25, -0.2) is 4.98 Å². The zero-order valence-electron chi connectivity index (χ0n) is 8.73. The van der Waals surface area contributed by atoms with Crippen molar-refractivity contribution in [2.75, 3.05) is 18.6 Å². The van der Waals surface area contributed by atoms with E-state index in [9.17, 15) is 9.36 Å². The van der Waals surface area contributed by atoms with Crippen LogP contribution in [0.4, 0.5) is 5.82 Å². The molecule has 1 rings (SSSR count). The van der Waals surface area contributed by atoms with Crippen LogP contribution in [-0.4, -0.2) is 24.2 Å². The molecule has 1 radical (unpaired) electrons. The maximum Gasteiger partial charge on any atom is 0.130 e. The summed E-state index contributed by atoms with van der Waals surface area (Å²) in [5.74, 6) is 0.00336. The number of carbonyl (C=O) groups excluding carboxylic acids is 1. The van der Waals surface area contributed by atoms with Crippen molar-refractivity contribution in [1.29, 1.82) is 0 Å². The fraction of sp³-hybridized carbons (Fsp3) is 0.222. The third kappa shape index (κ3) is 4.92. The molecule has 1 heterocycles. The molecule has 0 fully saturated rings. The number of aromatic nitrogens is 1. The fourth-order valence-electron chi connectivity index (χ4n) is 0.921. The molecule has 0 aliphatic carbocycles. The standard InChI is InChI=1S/C9H12N2O2P.Y/c1-7(12)11-9-5-4-8(6-10-9)14(2,3)13;/h4-6H,1H2,2-3H3,(H,10,11,12);/q-1;. The Hall–Kier alpha value is -0.176. The molecule has 0 unspecified atom stereocenters. The predicted molar refractivity (Wildman–Crippen MR) is 57.3 cm³/mol. The van der Waals surface area contributed by atoms with Gasteiger partial charge in [-0.2, -0.15) is 0 Å². The van der Waals surface area contributed by atoms with E-state index in [0.717, 1.165) is 0 Å². The molecule has 1 aromatic rings. The average molecular weight is 300 g/mol. The second kappa shape index (κ2) is 5.78. The zero-order valence-corrected chi connectivity index (χ0v) is 12.5. The van der Waals surface area contributed by atoms with E-state index in [4.69, 9.17) is 0 Å². The van der Waals surface area contributed by atoms with E-state index in [1.165, 1.54) is 6.20 Å². The Morgan fingerprint density at radius 2 is 2.07 bits per heavy atom. The molecule has 0 aromatic carbocycles. The van der Waals surface area contributed by atoms with Crippen LogP contribution in [0.1, 0.15) is 0 Å². The first kappa shape index (κ1) is 14.8. The minimum absolute atomic E-state index is 0. The number of hydrogen-bond donors (Lipinski definition) is 1. The Balaban J connectivity index is 0.00000196. The van der Waals surface area contributed by atoms with Gasteiger partial charge in [0, 0.05) is 44.2 Å². The van der Waals surface area contributed by atoms with Gasteiger partial charge in [0.25, 0.3) is 0 Å². The van der Waals surface area contributed by atoms with E-state index in [-0.39, 0.29) is 32.7 Å². The Morgan fingerprint density at radius 3 is 2.40 bits per heavy atom. The van der Waals surface area contributed by atoms with Crippen molar-refractivity contribution in [3.05, 3.63) is 25.3 Å². The third-order valence-corrected chi connectivity index (χ3v) is 3.15. The smallest absolute Gasteiger partial charge is 0.130 e. The molecule has 1 aromatic heterocycles. The fourth-order valence-corrected chi connectivity index (χ4v) is 1.69. The van der Waals surface area contributed by atoms with E-state index >= 15 is 0 Å². The minimum Gasteiger partial charge on any atom is -0.336 e. The molecule has 0 bridgehead atoms. The first-order valence-electron chi connectivity index (χ1n) is 4.04. The topological polar surface area (TPSA) is 59.1 Å². The summed E-state index contributed by atoms with van der Waals surface area (Å²) in [6.45, 7) is 6.50. The third-order valence-electron chi connectivity index (χ3n) is 1.64. The van der Waals surface area contributed by atoms with E-state index in [1.807, 2.05) is 0 Å². The first-order chi connectivity index (χ1) is 6.39. The van der Waals surface area contributed by atoms with Gasteiger partial charge in [0.1, 0.15) is 13.0 Å². The number of pyridine rings is 1. The van der Waals surface area contributed by atoms with E-state index in [2.05, 4.69) is 17.2 Å². The summed E-state index contributed by atoms with van der Waals surface area (Å²) >= 11 is 0. The largest absolute Gasteiger partial charge is 0.336 e. The monoisotopic (exact) mass is 300 g/mol. The second-order valence-electron chi connectivity index (χ2n) is 3.30. The van der Waals surface area contributed by atoms with Crippen LogP contribution in [0.25, 0.3) is 0 Å². The van der Waals surface area contributed by atoms with Crippen molar-refractivity contribution in [3.8, 4) is 0 Å². The summed E-state index contributed by atoms with van der Waals surface area (Å²) in [7, 11) is -2.26. The number of anilines is 1. The van der Waals surface area contributed by atoms with Crippen molar-refractivity contribution in [2.24, 2.45) is 0 Å². The van der Waals surface area contributed by atoms with Crippen molar-refractivity contribution in [2.45, 2.75) is 0 Å². The van der Waals surface area contributed by atoms with Crippen molar-refractivity contribution in [3.63, 3.8) is 0 Å². The van der Waals surface area contributed by atoms with Crippen LogP contribution >= 0.6 is 7.14 Å². The molecule has 0 aliphatic rings. The molecular formula is C9H12N2O2PY-. The summed E-state index contributed by atoms with van der Waals surface area (Å²) in [4.78, 5) is 14.5.